The lowest BCUT2D eigenvalue weighted by Crippen LogP contribution is -2.54. The highest BCUT2D eigenvalue weighted by molar-refractivity contribution is 5.98. The van der Waals surface area contributed by atoms with Crippen molar-refractivity contribution in [2.75, 3.05) is 52.9 Å². The van der Waals surface area contributed by atoms with Gasteiger partial charge in [0.25, 0.3) is 0 Å². The van der Waals surface area contributed by atoms with Crippen molar-refractivity contribution >= 4 is 16.9 Å². The molecule has 162 valence electrons. The molecule has 1 unspecified atom stereocenters. The van der Waals surface area contributed by atoms with Crippen LogP contribution in [0.25, 0.3) is 10.9 Å². The van der Waals surface area contributed by atoms with Gasteiger partial charge in [-0.05, 0) is 51.9 Å². The average molecular weight is 411 g/mol. The standard InChI is InChI=1S/C24H34N4O2/c1-4-30-24(29)23-18(2)20-9-5-6-10-21(20)25-22(23)17-27-12-14-28(15-13-27)19-8-7-11-26(3)16-19/h5-6,9-10,19H,4,7-8,11-17H2,1-3H3. The number of para-hydroxylation sites is 1. The van der Waals surface area contributed by atoms with Gasteiger partial charge in [0.2, 0.25) is 0 Å². The second-order valence-corrected chi connectivity index (χ2v) is 8.67. The fourth-order valence-corrected chi connectivity index (χ4v) is 4.96. The summed E-state index contributed by atoms with van der Waals surface area (Å²) in [5.41, 5.74) is 3.40. The van der Waals surface area contributed by atoms with Gasteiger partial charge in [-0.15, -0.1) is 0 Å². The first-order valence-corrected chi connectivity index (χ1v) is 11.3. The monoisotopic (exact) mass is 410 g/mol. The minimum atomic E-state index is -0.257. The summed E-state index contributed by atoms with van der Waals surface area (Å²) in [6.07, 6.45) is 2.60. The number of nitrogens with zero attached hydrogens (tertiary/aromatic N) is 4. The van der Waals surface area contributed by atoms with Crippen molar-refractivity contribution in [3.05, 3.63) is 41.1 Å². The van der Waals surface area contributed by atoms with E-state index in [0.29, 0.717) is 24.8 Å². The molecule has 6 heteroatoms. The number of fused-ring (bicyclic) bond motifs is 1. The van der Waals surface area contributed by atoms with E-state index >= 15 is 0 Å². The zero-order chi connectivity index (χ0) is 21.1. The summed E-state index contributed by atoms with van der Waals surface area (Å²) < 4.78 is 5.38. The van der Waals surface area contributed by atoms with Gasteiger partial charge in [-0.25, -0.2) is 4.79 Å². The van der Waals surface area contributed by atoms with Crippen LogP contribution in [-0.2, 0) is 11.3 Å². The lowest BCUT2D eigenvalue weighted by Gasteiger charge is -2.42. The number of carbonyl (C=O) groups excluding carboxylic acids is 1. The first-order chi connectivity index (χ1) is 14.6. The zero-order valence-electron chi connectivity index (χ0n) is 18.6. The first-order valence-electron chi connectivity index (χ1n) is 11.3. The fraction of sp³-hybridized carbons (Fsp3) is 0.583. The maximum Gasteiger partial charge on any atom is 0.340 e. The van der Waals surface area contributed by atoms with Gasteiger partial charge in [0, 0.05) is 50.7 Å². The number of likely N-dealkylation sites (tertiary alicyclic amines) is 1. The molecule has 2 fully saturated rings. The van der Waals surface area contributed by atoms with E-state index in [1.165, 1.54) is 25.9 Å². The Labute approximate surface area is 179 Å². The smallest absolute Gasteiger partial charge is 0.340 e. The van der Waals surface area contributed by atoms with E-state index < -0.39 is 0 Å². The molecule has 4 rings (SSSR count). The van der Waals surface area contributed by atoms with E-state index in [0.717, 1.165) is 48.3 Å². The first kappa shape index (κ1) is 21.2. The molecule has 0 N–H and O–H groups in total. The minimum Gasteiger partial charge on any atom is -0.462 e. The van der Waals surface area contributed by atoms with Crippen molar-refractivity contribution < 1.29 is 9.53 Å². The van der Waals surface area contributed by atoms with Crippen LogP contribution in [0.3, 0.4) is 0 Å². The summed E-state index contributed by atoms with van der Waals surface area (Å²) in [5.74, 6) is -0.257. The molecule has 0 spiro atoms. The number of hydrogen-bond donors (Lipinski definition) is 0. The molecule has 1 atom stereocenters. The van der Waals surface area contributed by atoms with E-state index in [9.17, 15) is 4.79 Å². The third kappa shape index (κ3) is 4.51. The summed E-state index contributed by atoms with van der Waals surface area (Å²) in [6.45, 7) is 11.5. The lowest BCUT2D eigenvalue weighted by atomic mass is 10.0. The van der Waals surface area contributed by atoms with Crippen molar-refractivity contribution in [3.8, 4) is 0 Å². The number of rotatable bonds is 5. The minimum absolute atomic E-state index is 0.257. The van der Waals surface area contributed by atoms with Crippen molar-refractivity contribution in [2.24, 2.45) is 0 Å². The second-order valence-electron chi connectivity index (χ2n) is 8.67. The average Bonchev–Trinajstić information content (AvgIpc) is 2.74. The Bertz CT molecular complexity index is 892. The number of benzene rings is 1. The lowest BCUT2D eigenvalue weighted by molar-refractivity contribution is 0.0507. The number of pyridine rings is 1. The van der Waals surface area contributed by atoms with Crippen LogP contribution in [0, 0.1) is 6.92 Å². The Hall–Kier alpha value is -2.02. The third-order valence-electron chi connectivity index (χ3n) is 6.60. The molecule has 0 saturated carbocycles. The highest BCUT2D eigenvalue weighted by atomic mass is 16.5. The van der Waals surface area contributed by atoms with Crippen LogP contribution in [0.5, 0.6) is 0 Å². The van der Waals surface area contributed by atoms with Crippen LogP contribution < -0.4 is 0 Å². The number of piperazine rings is 1. The van der Waals surface area contributed by atoms with Crippen molar-refractivity contribution in [1.29, 1.82) is 0 Å². The Kier molecular flexibility index (Phi) is 6.66. The highest BCUT2D eigenvalue weighted by Crippen LogP contribution is 2.25. The largest absolute Gasteiger partial charge is 0.462 e. The van der Waals surface area contributed by atoms with Crippen molar-refractivity contribution in [3.63, 3.8) is 0 Å². The maximum atomic E-state index is 12.8. The molecule has 3 heterocycles. The summed E-state index contributed by atoms with van der Waals surface area (Å²) in [5, 5.41) is 1.02. The van der Waals surface area contributed by atoms with E-state index in [1.54, 1.807) is 0 Å². The predicted octanol–water partition coefficient (Wildman–Crippen LogP) is 2.93. The molecule has 2 saturated heterocycles. The molecule has 0 aliphatic carbocycles. The number of likely N-dealkylation sites (N-methyl/N-ethyl adjacent to an activating group) is 1. The number of hydrogen-bond acceptors (Lipinski definition) is 6. The van der Waals surface area contributed by atoms with Gasteiger partial charge in [0.05, 0.1) is 23.4 Å². The van der Waals surface area contributed by atoms with Gasteiger partial charge >= 0.3 is 5.97 Å². The SMILES string of the molecule is CCOC(=O)c1c(CN2CCN(C3CCCN(C)C3)CC2)nc2ccccc2c1C. The second kappa shape index (κ2) is 9.41. The van der Waals surface area contributed by atoms with Gasteiger partial charge in [0.15, 0.2) is 0 Å². The number of piperidine rings is 1. The topological polar surface area (TPSA) is 48.9 Å². The molecule has 1 aromatic heterocycles. The zero-order valence-corrected chi connectivity index (χ0v) is 18.6. The molecular formula is C24H34N4O2. The van der Waals surface area contributed by atoms with Crippen LogP contribution in [0.1, 0.15) is 41.4 Å². The van der Waals surface area contributed by atoms with Crippen LogP contribution in [0.15, 0.2) is 24.3 Å². The third-order valence-corrected chi connectivity index (χ3v) is 6.60. The fourth-order valence-electron chi connectivity index (χ4n) is 4.96. The Morgan fingerprint density at radius 1 is 1.17 bits per heavy atom. The maximum absolute atomic E-state index is 12.8. The molecule has 6 nitrogen and oxygen atoms in total. The summed E-state index contributed by atoms with van der Waals surface area (Å²) in [7, 11) is 2.23. The van der Waals surface area contributed by atoms with Gasteiger partial charge < -0.3 is 9.64 Å². The summed E-state index contributed by atoms with van der Waals surface area (Å²) in [4.78, 5) is 25.2. The number of aromatic nitrogens is 1. The molecular weight excluding hydrogens is 376 g/mol. The molecule has 1 aromatic carbocycles. The number of esters is 1. The summed E-state index contributed by atoms with van der Waals surface area (Å²) in [6, 6.07) is 8.74. The van der Waals surface area contributed by atoms with E-state index in [1.807, 2.05) is 38.1 Å². The van der Waals surface area contributed by atoms with E-state index in [2.05, 4.69) is 21.7 Å². The van der Waals surface area contributed by atoms with Crippen LogP contribution in [0.2, 0.25) is 0 Å². The Morgan fingerprint density at radius 3 is 2.67 bits per heavy atom. The molecule has 2 aromatic rings. The highest BCUT2D eigenvalue weighted by Gasteiger charge is 2.28. The van der Waals surface area contributed by atoms with Gasteiger partial charge in [-0.3, -0.25) is 14.8 Å². The molecule has 2 aliphatic heterocycles. The Balaban J connectivity index is 1.51. The predicted molar refractivity (Wildman–Crippen MR) is 120 cm³/mol. The Morgan fingerprint density at radius 2 is 1.93 bits per heavy atom. The van der Waals surface area contributed by atoms with E-state index in [-0.39, 0.29) is 5.97 Å². The molecule has 30 heavy (non-hydrogen) atoms. The van der Waals surface area contributed by atoms with Gasteiger partial charge in [-0.1, -0.05) is 18.2 Å². The van der Waals surface area contributed by atoms with E-state index in [4.69, 9.17) is 9.72 Å². The van der Waals surface area contributed by atoms with Gasteiger partial charge in [-0.2, -0.15) is 0 Å². The van der Waals surface area contributed by atoms with Gasteiger partial charge in [0.1, 0.15) is 0 Å². The summed E-state index contributed by atoms with van der Waals surface area (Å²) >= 11 is 0. The number of aryl methyl sites for hydroxylation is 1. The van der Waals surface area contributed by atoms with Crippen molar-refractivity contribution in [2.45, 2.75) is 39.3 Å². The molecule has 2 aliphatic rings. The normalized spacial score (nSPS) is 21.8. The molecule has 0 bridgehead atoms. The molecule has 0 amide bonds. The van der Waals surface area contributed by atoms with Crippen LogP contribution in [-0.4, -0.2) is 84.6 Å². The number of ether oxygens (including phenoxy) is 1. The number of carbonyl (C=O) groups is 1. The molecule has 0 radical (unpaired) electrons. The quantitative estimate of drug-likeness (QED) is 0.707. The van der Waals surface area contributed by atoms with Crippen LogP contribution >= 0.6 is 0 Å². The van der Waals surface area contributed by atoms with Crippen molar-refractivity contribution in [1.82, 2.24) is 19.7 Å². The van der Waals surface area contributed by atoms with Crippen LogP contribution in [0.4, 0.5) is 0 Å².